The SMILES string of the molecule is Cc1cc(N2CCCOC[C@@H]2c2ccc(NC(=O)C3(O)CC3)cc2Cl)nc(N)n1. The van der Waals surface area contributed by atoms with Crippen LogP contribution in [0.25, 0.3) is 0 Å². The number of carbonyl (C=O) groups excluding carboxylic acids is 1. The molecule has 154 valence electrons. The molecule has 1 aliphatic heterocycles. The molecule has 1 saturated heterocycles. The van der Waals surface area contributed by atoms with E-state index < -0.39 is 11.5 Å². The summed E-state index contributed by atoms with van der Waals surface area (Å²) >= 11 is 6.59. The first kappa shape index (κ1) is 19.9. The molecule has 1 saturated carbocycles. The van der Waals surface area contributed by atoms with Crippen LogP contribution in [0.3, 0.4) is 0 Å². The number of anilines is 3. The van der Waals surface area contributed by atoms with Gasteiger partial charge in [-0.15, -0.1) is 0 Å². The van der Waals surface area contributed by atoms with Crippen LogP contribution in [0, 0.1) is 6.92 Å². The fourth-order valence-corrected chi connectivity index (χ4v) is 3.81. The zero-order valence-corrected chi connectivity index (χ0v) is 16.9. The van der Waals surface area contributed by atoms with Gasteiger partial charge in [-0.05, 0) is 43.9 Å². The molecule has 29 heavy (non-hydrogen) atoms. The Labute approximate surface area is 174 Å². The number of rotatable bonds is 4. The lowest BCUT2D eigenvalue weighted by Gasteiger charge is -2.31. The Morgan fingerprint density at radius 3 is 2.86 bits per heavy atom. The second-order valence-corrected chi connectivity index (χ2v) is 7.99. The van der Waals surface area contributed by atoms with Crippen molar-refractivity contribution in [2.45, 2.75) is 37.8 Å². The topological polar surface area (TPSA) is 114 Å². The summed E-state index contributed by atoms with van der Waals surface area (Å²) in [7, 11) is 0. The van der Waals surface area contributed by atoms with E-state index in [1.165, 1.54) is 0 Å². The molecule has 1 aromatic heterocycles. The smallest absolute Gasteiger partial charge is 0.256 e. The summed E-state index contributed by atoms with van der Waals surface area (Å²) in [6, 6.07) is 7.10. The minimum absolute atomic E-state index is 0.156. The quantitative estimate of drug-likeness (QED) is 0.700. The number of nitrogens with zero attached hydrogens (tertiary/aromatic N) is 3. The van der Waals surface area contributed by atoms with Gasteiger partial charge < -0.3 is 25.8 Å². The lowest BCUT2D eigenvalue weighted by molar-refractivity contribution is -0.125. The Balaban J connectivity index is 1.62. The van der Waals surface area contributed by atoms with Crippen LogP contribution in [0.5, 0.6) is 0 Å². The maximum Gasteiger partial charge on any atom is 0.256 e. The van der Waals surface area contributed by atoms with Crippen LogP contribution in [0.1, 0.15) is 36.6 Å². The third-order valence-corrected chi connectivity index (χ3v) is 5.58. The van der Waals surface area contributed by atoms with Gasteiger partial charge in [0, 0.05) is 35.6 Å². The Bertz CT molecular complexity index is 914. The molecule has 1 atom stereocenters. The van der Waals surface area contributed by atoms with Crippen LogP contribution in [0.4, 0.5) is 17.5 Å². The lowest BCUT2D eigenvalue weighted by Crippen LogP contribution is -2.32. The Hall–Kier alpha value is -2.42. The number of nitrogens with one attached hydrogen (secondary N) is 1. The molecule has 4 rings (SSSR count). The molecule has 1 amide bonds. The van der Waals surface area contributed by atoms with Crippen molar-refractivity contribution in [3.8, 4) is 0 Å². The zero-order valence-electron chi connectivity index (χ0n) is 16.2. The first-order valence-corrected chi connectivity index (χ1v) is 10.0. The maximum atomic E-state index is 12.1. The highest BCUT2D eigenvalue weighted by Crippen LogP contribution is 2.37. The van der Waals surface area contributed by atoms with Crippen molar-refractivity contribution in [2.24, 2.45) is 0 Å². The number of aliphatic hydroxyl groups is 1. The predicted molar refractivity (Wildman–Crippen MR) is 111 cm³/mol. The summed E-state index contributed by atoms with van der Waals surface area (Å²) < 4.78 is 5.80. The third kappa shape index (κ3) is 4.29. The highest BCUT2D eigenvalue weighted by molar-refractivity contribution is 6.31. The highest BCUT2D eigenvalue weighted by Gasteiger charge is 2.48. The van der Waals surface area contributed by atoms with Crippen LogP contribution < -0.4 is 16.0 Å². The van der Waals surface area contributed by atoms with Crippen LogP contribution in [-0.2, 0) is 9.53 Å². The number of ether oxygens (including phenoxy) is 1. The van der Waals surface area contributed by atoms with Crippen LogP contribution in [0.15, 0.2) is 24.3 Å². The average Bonchev–Trinajstić information content (AvgIpc) is 3.44. The molecular formula is C20H24ClN5O3. The van der Waals surface area contributed by atoms with Gasteiger partial charge in [0.05, 0.1) is 12.6 Å². The monoisotopic (exact) mass is 417 g/mol. The number of hydrogen-bond donors (Lipinski definition) is 3. The average molecular weight is 418 g/mol. The van der Waals surface area contributed by atoms with Crippen molar-refractivity contribution in [1.82, 2.24) is 9.97 Å². The number of aromatic nitrogens is 2. The van der Waals surface area contributed by atoms with Gasteiger partial charge in [0.1, 0.15) is 11.4 Å². The van der Waals surface area contributed by atoms with Gasteiger partial charge in [0.15, 0.2) is 0 Å². The van der Waals surface area contributed by atoms with E-state index in [0.717, 1.165) is 30.0 Å². The fraction of sp³-hybridized carbons (Fsp3) is 0.450. The van der Waals surface area contributed by atoms with Gasteiger partial charge in [-0.3, -0.25) is 4.79 Å². The second kappa shape index (κ2) is 7.78. The van der Waals surface area contributed by atoms with Gasteiger partial charge in [-0.1, -0.05) is 17.7 Å². The minimum Gasteiger partial charge on any atom is -0.380 e. The molecular weight excluding hydrogens is 394 g/mol. The molecule has 0 spiro atoms. The van der Waals surface area contributed by atoms with Crippen LogP contribution >= 0.6 is 11.6 Å². The highest BCUT2D eigenvalue weighted by atomic mass is 35.5. The van der Waals surface area contributed by atoms with Gasteiger partial charge in [0.25, 0.3) is 5.91 Å². The number of benzene rings is 1. The minimum atomic E-state index is -1.23. The summed E-state index contributed by atoms with van der Waals surface area (Å²) in [4.78, 5) is 22.8. The lowest BCUT2D eigenvalue weighted by atomic mass is 10.0. The number of amides is 1. The van der Waals surface area contributed by atoms with Gasteiger partial charge in [-0.25, -0.2) is 4.98 Å². The molecule has 2 fully saturated rings. The molecule has 8 nitrogen and oxygen atoms in total. The van der Waals surface area contributed by atoms with Crippen LogP contribution in [0.2, 0.25) is 5.02 Å². The molecule has 2 aromatic rings. The van der Waals surface area contributed by atoms with E-state index in [0.29, 0.717) is 36.8 Å². The first-order valence-electron chi connectivity index (χ1n) is 9.64. The van der Waals surface area contributed by atoms with Crippen molar-refractivity contribution in [2.75, 3.05) is 35.7 Å². The van der Waals surface area contributed by atoms with E-state index in [2.05, 4.69) is 20.2 Å². The van der Waals surface area contributed by atoms with Crippen LogP contribution in [-0.4, -0.2) is 46.3 Å². The molecule has 0 unspecified atom stereocenters. The summed E-state index contributed by atoms with van der Waals surface area (Å²) in [5, 5.41) is 13.2. The molecule has 9 heteroatoms. The Morgan fingerprint density at radius 1 is 1.38 bits per heavy atom. The van der Waals surface area contributed by atoms with Gasteiger partial charge in [-0.2, -0.15) is 4.98 Å². The van der Waals surface area contributed by atoms with Crippen molar-refractivity contribution in [1.29, 1.82) is 0 Å². The number of aryl methyl sites for hydroxylation is 1. The number of carbonyl (C=O) groups is 1. The molecule has 4 N–H and O–H groups in total. The second-order valence-electron chi connectivity index (χ2n) is 7.59. The molecule has 1 aromatic carbocycles. The van der Waals surface area contributed by atoms with E-state index >= 15 is 0 Å². The van der Waals surface area contributed by atoms with E-state index in [1.54, 1.807) is 12.1 Å². The number of halogens is 1. The summed E-state index contributed by atoms with van der Waals surface area (Å²) in [6.45, 7) is 3.72. The fourth-order valence-electron chi connectivity index (χ4n) is 3.50. The molecule has 0 radical (unpaired) electrons. The predicted octanol–water partition coefficient (Wildman–Crippen LogP) is 2.45. The number of nitrogen functional groups attached to an aromatic ring is 1. The summed E-state index contributed by atoms with van der Waals surface area (Å²) in [5.41, 5.74) is 6.83. The van der Waals surface area contributed by atoms with Crippen molar-refractivity contribution in [3.63, 3.8) is 0 Å². The van der Waals surface area contributed by atoms with E-state index in [-0.39, 0.29) is 12.0 Å². The first-order chi connectivity index (χ1) is 13.9. The molecule has 1 aliphatic carbocycles. The molecule has 0 bridgehead atoms. The Morgan fingerprint density at radius 2 is 2.17 bits per heavy atom. The van der Waals surface area contributed by atoms with Gasteiger partial charge >= 0.3 is 0 Å². The molecule has 2 heterocycles. The Kier molecular flexibility index (Phi) is 5.33. The summed E-state index contributed by atoms with van der Waals surface area (Å²) in [5.74, 6) is 0.564. The third-order valence-electron chi connectivity index (χ3n) is 5.26. The van der Waals surface area contributed by atoms with Crippen molar-refractivity contribution >= 4 is 35.0 Å². The van der Waals surface area contributed by atoms with Crippen molar-refractivity contribution in [3.05, 3.63) is 40.5 Å². The number of hydrogen-bond acceptors (Lipinski definition) is 7. The molecule has 2 aliphatic rings. The summed E-state index contributed by atoms with van der Waals surface area (Å²) in [6.07, 6.45) is 1.82. The number of nitrogens with two attached hydrogens (primary N) is 1. The van der Waals surface area contributed by atoms with Gasteiger partial charge in [0.2, 0.25) is 5.95 Å². The largest absolute Gasteiger partial charge is 0.380 e. The van der Waals surface area contributed by atoms with E-state index in [1.807, 2.05) is 19.1 Å². The zero-order chi connectivity index (χ0) is 20.6. The maximum absolute atomic E-state index is 12.1. The normalized spacial score (nSPS) is 20.8. The van der Waals surface area contributed by atoms with E-state index in [9.17, 15) is 9.90 Å². The standard InChI is InChI=1S/C20H24ClN5O3/c1-12-9-17(25-19(22)23-12)26-7-2-8-29-11-16(26)14-4-3-13(10-15(14)21)24-18(27)20(28)5-6-20/h3-4,9-10,16,28H,2,5-8,11H2,1H3,(H,24,27)(H2,22,23,25)/t16-/m1/s1. The van der Waals surface area contributed by atoms with E-state index in [4.69, 9.17) is 22.1 Å². The van der Waals surface area contributed by atoms with Crippen molar-refractivity contribution < 1.29 is 14.6 Å².